The zero-order valence-corrected chi connectivity index (χ0v) is 15.2. The number of carbonyl (C=O) groups excluding carboxylic acids is 2. The van der Waals surface area contributed by atoms with E-state index in [4.69, 9.17) is 4.74 Å². The Morgan fingerprint density at radius 2 is 1.92 bits per heavy atom. The Hall–Kier alpha value is -1.89. The average Bonchev–Trinajstić information content (AvgIpc) is 3.23. The highest BCUT2D eigenvalue weighted by atomic mass is 32.1. The van der Waals surface area contributed by atoms with Gasteiger partial charge in [-0.25, -0.2) is 4.79 Å². The molecule has 0 aliphatic heterocycles. The van der Waals surface area contributed by atoms with Crippen molar-refractivity contribution in [2.75, 3.05) is 11.9 Å². The van der Waals surface area contributed by atoms with Crippen molar-refractivity contribution in [2.24, 2.45) is 5.41 Å². The van der Waals surface area contributed by atoms with E-state index >= 15 is 0 Å². The largest absolute Gasteiger partial charge is 0.481 e. The molecule has 2 aliphatic rings. The summed E-state index contributed by atoms with van der Waals surface area (Å²) in [7, 11) is 0. The molecule has 2 N–H and O–H groups in total. The Morgan fingerprint density at radius 1 is 1.20 bits per heavy atom. The van der Waals surface area contributed by atoms with E-state index < -0.39 is 17.4 Å². The quantitative estimate of drug-likeness (QED) is 0.754. The highest BCUT2D eigenvalue weighted by Gasteiger charge is 2.43. The molecule has 1 aromatic rings. The van der Waals surface area contributed by atoms with Crippen molar-refractivity contribution in [3.8, 4) is 0 Å². The number of thiophene rings is 1. The van der Waals surface area contributed by atoms with Crippen molar-refractivity contribution in [3.63, 3.8) is 0 Å². The first-order chi connectivity index (χ1) is 12.0. The summed E-state index contributed by atoms with van der Waals surface area (Å²) in [5.41, 5.74) is 0.477. The molecule has 3 rings (SSSR count). The van der Waals surface area contributed by atoms with Crippen LogP contribution in [0, 0.1) is 5.41 Å². The number of hydrogen-bond donors (Lipinski definition) is 2. The fraction of sp³-hybridized carbons (Fsp3) is 0.611. The van der Waals surface area contributed by atoms with Gasteiger partial charge in [0.1, 0.15) is 5.00 Å². The molecule has 136 valence electrons. The fourth-order valence-electron chi connectivity index (χ4n) is 3.91. The van der Waals surface area contributed by atoms with E-state index in [2.05, 4.69) is 5.32 Å². The Balaban J connectivity index is 1.79. The van der Waals surface area contributed by atoms with Gasteiger partial charge in [0.2, 0.25) is 5.91 Å². The van der Waals surface area contributed by atoms with Crippen molar-refractivity contribution < 1.29 is 24.2 Å². The van der Waals surface area contributed by atoms with Crippen molar-refractivity contribution in [3.05, 3.63) is 16.0 Å². The molecule has 25 heavy (non-hydrogen) atoms. The van der Waals surface area contributed by atoms with Crippen LogP contribution in [0.4, 0.5) is 5.00 Å². The summed E-state index contributed by atoms with van der Waals surface area (Å²) in [4.78, 5) is 37.6. The van der Waals surface area contributed by atoms with Crippen LogP contribution in [0.15, 0.2) is 0 Å². The van der Waals surface area contributed by atoms with E-state index in [9.17, 15) is 19.5 Å². The molecular formula is C18H23NO5S. The van der Waals surface area contributed by atoms with Crippen LogP contribution in [0.1, 0.15) is 66.2 Å². The summed E-state index contributed by atoms with van der Waals surface area (Å²) in [5.74, 6) is -1.65. The molecule has 0 aromatic carbocycles. The second-order valence-corrected chi connectivity index (χ2v) is 7.90. The van der Waals surface area contributed by atoms with E-state index in [-0.39, 0.29) is 18.9 Å². The molecular weight excluding hydrogens is 342 g/mol. The van der Waals surface area contributed by atoms with Crippen molar-refractivity contribution in [2.45, 2.75) is 58.3 Å². The van der Waals surface area contributed by atoms with Gasteiger partial charge in [0, 0.05) is 11.3 Å². The maximum Gasteiger partial charge on any atom is 0.341 e. The van der Waals surface area contributed by atoms with E-state index in [1.54, 1.807) is 6.92 Å². The van der Waals surface area contributed by atoms with Crippen molar-refractivity contribution in [1.82, 2.24) is 0 Å². The molecule has 1 heterocycles. The van der Waals surface area contributed by atoms with Gasteiger partial charge in [-0.05, 0) is 44.6 Å². The lowest BCUT2D eigenvalue weighted by Gasteiger charge is -2.22. The minimum Gasteiger partial charge on any atom is -0.481 e. The van der Waals surface area contributed by atoms with Crippen LogP contribution in [0.5, 0.6) is 0 Å². The normalized spacial score (nSPS) is 18.0. The smallest absolute Gasteiger partial charge is 0.341 e. The number of hydrogen-bond acceptors (Lipinski definition) is 5. The number of carboxylic acids is 1. The van der Waals surface area contributed by atoms with Gasteiger partial charge in [-0.15, -0.1) is 11.3 Å². The number of carboxylic acid groups (broad SMARTS) is 1. The van der Waals surface area contributed by atoms with E-state index in [0.717, 1.165) is 42.5 Å². The van der Waals surface area contributed by atoms with Gasteiger partial charge in [-0.3, -0.25) is 9.59 Å². The minimum absolute atomic E-state index is 0.0484. The van der Waals surface area contributed by atoms with Gasteiger partial charge >= 0.3 is 11.9 Å². The summed E-state index contributed by atoms with van der Waals surface area (Å²) in [6.07, 6.45) is 5.40. The fourth-order valence-corrected chi connectivity index (χ4v) is 5.20. The zero-order valence-electron chi connectivity index (χ0n) is 14.4. The lowest BCUT2D eigenvalue weighted by molar-refractivity contribution is -0.150. The third kappa shape index (κ3) is 3.42. The number of esters is 1. The van der Waals surface area contributed by atoms with Crippen LogP contribution in [0.3, 0.4) is 0 Å². The first kappa shape index (κ1) is 17.9. The van der Waals surface area contributed by atoms with Gasteiger partial charge < -0.3 is 15.2 Å². The maximum absolute atomic E-state index is 12.5. The van der Waals surface area contributed by atoms with E-state index in [1.165, 1.54) is 11.3 Å². The molecule has 2 aliphatic carbocycles. The van der Waals surface area contributed by atoms with Crippen LogP contribution < -0.4 is 5.32 Å². The highest BCUT2D eigenvalue weighted by Crippen LogP contribution is 2.43. The van der Waals surface area contributed by atoms with Crippen LogP contribution >= 0.6 is 11.3 Å². The zero-order chi connectivity index (χ0) is 18.0. The molecule has 0 spiro atoms. The van der Waals surface area contributed by atoms with Gasteiger partial charge in [-0.2, -0.15) is 0 Å². The van der Waals surface area contributed by atoms with E-state index in [1.807, 2.05) is 0 Å². The monoisotopic (exact) mass is 365 g/mol. The SMILES string of the molecule is CCOC(=O)c1c(NC(=O)CC2(C(=O)O)CCCC2)sc2c1CCC2. The average molecular weight is 365 g/mol. The number of carbonyl (C=O) groups is 3. The highest BCUT2D eigenvalue weighted by molar-refractivity contribution is 7.17. The Bertz CT molecular complexity index is 703. The number of aliphatic carboxylic acids is 1. The Labute approximate surface area is 150 Å². The lowest BCUT2D eigenvalue weighted by Crippen LogP contribution is -2.32. The summed E-state index contributed by atoms with van der Waals surface area (Å²) < 4.78 is 5.15. The first-order valence-electron chi connectivity index (χ1n) is 8.82. The predicted molar refractivity (Wildman–Crippen MR) is 94.1 cm³/mol. The van der Waals surface area contributed by atoms with Gasteiger partial charge in [-0.1, -0.05) is 12.8 Å². The minimum atomic E-state index is -0.964. The molecule has 0 atom stereocenters. The molecule has 0 radical (unpaired) electrons. The Kier molecular flexibility index (Phi) is 5.13. The molecule has 1 fully saturated rings. The molecule has 0 unspecified atom stereocenters. The van der Waals surface area contributed by atoms with Gasteiger partial charge in [0.15, 0.2) is 0 Å². The topological polar surface area (TPSA) is 92.7 Å². The summed E-state index contributed by atoms with van der Waals surface area (Å²) in [6, 6.07) is 0. The molecule has 7 heteroatoms. The molecule has 0 bridgehead atoms. The maximum atomic E-state index is 12.5. The van der Waals surface area contributed by atoms with Crippen LogP contribution in [-0.2, 0) is 27.2 Å². The Morgan fingerprint density at radius 3 is 2.56 bits per heavy atom. The molecule has 6 nitrogen and oxygen atoms in total. The van der Waals surface area contributed by atoms with Crippen LogP contribution in [0.25, 0.3) is 0 Å². The molecule has 1 amide bonds. The van der Waals surface area contributed by atoms with Gasteiger partial charge in [0.25, 0.3) is 0 Å². The second-order valence-electron chi connectivity index (χ2n) is 6.80. The summed E-state index contributed by atoms with van der Waals surface area (Å²) >= 11 is 1.42. The summed E-state index contributed by atoms with van der Waals surface area (Å²) in [6.45, 7) is 2.03. The molecule has 1 saturated carbocycles. The molecule has 1 aromatic heterocycles. The second kappa shape index (κ2) is 7.15. The first-order valence-corrected chi connectivity index (χ1v) is 9.63. The lowest BCUT2D eigenvalue weighted by atomic mass is 9.82. The summed E-state index contributed by atoms with van der Waals surface area (Å²) in [5, 5.41) is 12.8. The number of nitrogens with one attached hydrogen (secondary N) is 1. The van der Waals surface area contributed by atoms with Crippen LogP contribution in [-0.4, -0.2) is 29.6 Å². The standard InChI is InChI=1S/C18H23NO5S/c1-2-24-16(21)14-11-6-5-7-12(11)25-15(14)19-13(20)10-18(17(22)23)8-3-4-9-18/h2-10H2,1H3,(H,19,20)(H,22,23). The number of amides is 1. The number of rotatable bonds is 6. The molecule has 0 saturated heterocycles. The van der Waals surface area contributed by atoms with Crippen LogP contribution in [0.2, 0.25) is 0 Å². The number of fused-ring (bicyclic) bond motifs is 1. The predicted octanol–water partition coefficient (Wildman–Crippen LogP) is 3.39. The van der Waals surface area contributed by atoms with E-state index in [0.29, 0.717) is 23.4 Å². The van der Waals surface area contributed by atoms with Crippen molar-refractivity contribution >= 4 is 34.2 Å². The van der Waals surface area contributed by atoms with Crippen molar-refractivity contribution in [1.29, 1.82) is 0 Å². The number of anilines is 1. The number of ether oxygens (including phenoxy) is 1. The third-order valence-corrected chi connectivity index (χ3v) is 6.37. The third-order valence-electron chi connectivity index (χ3n) is 5.17. The number of aryl methyl sites for hydroxylation is 1. The van der Waals surface area contributed by atoms with Gasteiger partial charge in [0.05, 0.1) is 17.6 Å².